The number of fused-ring (bicyclic) bond motifs is 1. The molecular formula is C19H21N5O3. The lowest BCUT2D eigenvalue weighted by atomic mass is 9.98. The van der Waals surface area contributed by atoms with Crippen LogP contribution < -0.4 is 15.3 Å². The summed E-state index contributed by atoms with van der Waals surface area (Å²) in [6.45, 7) is 1.81. The SMILES string of the molecule is OCC1CCN(c2nccnc2OONc2ccc3ccccc3n2)CC1. The summed E-state index contributed by atoms with van der Waals surface area (Å²) in [7, 11) is 0. The molecule has 27 heavy (non-hydrogen) atoms. The number of hydrogen-bond donors (Lipinski definition) is 2. The van der Waals surface area contributed by atoms with E-state index in [2.05, 4.69) is 25.3 Å². The van der Waals surface area contributed by atoms with E-state index in [4.69, 9.17) is 9.88 Å². The fourth-order valence-corrected chi connectivity index (χ4v) is 3.15. The molecule has 0 aliphatic carbocycles. The van der Waals surface area contributed by atoms with Gasteiger partial charge in [0.15, 0.2) is 11.6 Å². The molecule has 1 aliphatic rings. The van der Waals surface area contributed by atoms with Crippen molar-refractivity contribution < 1.29 is 15.0 Å². The van der Waals surface area contributed by atoms with E-state index in [0.717, 1.165) is 36.8 Å². The van der Waals surface area contributed by atoms with Crippen LogP contribution in [0.5, 0.6) is 5.88 Å². The number of para-hydroxylation sites is 1. The second-order valence-corrected chi connectivity index (χ2v) is 6.46. The molecule has 1 aliphatic heterocycles. The highest BCUT2D eigenvalue weighted by Gasteiger charge is 2.23. The Bertz CT molecular complexity index is 899. The molecule has 0 radical (unpaired) electrons. The smallest absolute Gasteiger partial charge is 0.301 e. The maximum atomic E-state index is 9.29. The predicted molar refractivity (Wildman–Crippen MR) is 101 cm³/mol. The molecule has 3 aromatic rings. The lowest BCUT2D eigenvalue weighted by Gasteiger charge is -2.31. The standard InChI is InChI=1S/C19H21N5O3/c25-13-14-7-11-24(12-8-14)18-19(21-10-9-20-18)26-27-23-17-6-5-15-3-1-2-4-16(15)22-17/h1-6,9-10,14,25H,7-8,11-13H2,(H,22,23). The lowest BCUT2D eigenvalue weighted by molar-refractivity contribution is -0.182. The van der Waals surface area contributed by atoms with Gasteiger partial charge in [-0.15, -0.1) is 0 Å². The molecule has 4 rings (SSSR count). The molecule has 0 saturated carbocycles. The minimum atomic E-state index is 0.226. The number of aromatic nitrogens is 3. The van der Waals surface area contributed by atoms with Gasteiger partial charge in [-0.05, 0) is 37.0 Å². The van der Waals surface area contributed by atoms with Gasteiger partial charge in [-0.25, -0.2) is 20.4 Å². The highest BCUT2D eigenvalue weighted by molar-refractivity contribution is 5.79. The van der Waals surface area contributed by atoms with Crippen molar-refractivity contribution in [3.8, 4) is 5.88 Å². The lowest BCUT2D eigenvalue weighted by Crippen LogP contribution is -2.35. The Labute approximate surface area is 156 Å². The highest BCUT2D eigenvalue weighted by atomic mass is 17.3. The minimum Gasteiger partial charge on any atom is -0.396 e. The third kappa shape index (κ3) is 4.07. The first-order valence-corrected chi connectivity index (χ1v) is 8.95. The van der Waals surface area contributed by atoms with Gasteiger partial charge < -0.3 is 10.0 Å². The van der Waals surface area contributed by atoms with Crippen LogP contribution in [0.4, 0.5) is 11.6 Å². The number of pyridine rings is 1. The van der Waals surface area contributed by atoms with Crippen LogP contribution in [0.25, 0.3) is 10.9 Å². The maximum Gasteiger partial charge on any atom is 0.301 e. The molecule has 0 atom stereocenters. The Hall–Kier alpha value is -2.97. The molecule has 0 bridgehead atoms. The number of anilines is 2. The van der Waals surface area contributed by atoms with Crippen LogP contribution in [0.3, 0.4) is 0 Å². The van der Waals surface area contributed by atoms with Gasteiger partial charge in [0.2, 0.25) is 0 Å². The Kier molecular flexibility index (Phi) is 5.27. The van der Waals surface area contributed by atoms with Crippen molar-refractivity contribution in [3.05, 3.63) is 48.8 Å². The average Bonchev–Trinajstić information content (AvgIpc) is 2.74. The topological polar surface area (TPSA) is 92.6 Å². The summed E-state index contributed by atoms with van der Waals surface area (Å²) in [5, 5.41) is 10.3. The van der Waals surface area contributed by atoms with E-state index in [-0.39, 0.29) is 12.5 Å². The Morgan fingerprint density at radius 1 is 1.07 bits per heavy atom. The summed E-state index contributed by atoms with van der Waals surface area (Å²) in [4.78, 5) is 25.6. The molecule has 2 N–H and O–H groups in total. The van der Waals surface area contributed by atoms with E-state index in [9.17, 15) is 5.11 Å². The number of aliphatic hydroxyl groups excluding tert-OH is 1. The first-order valence-electron chi connectivity index (χ1n) is 8.95. The van der Waals surface area contributed by atoms with Crippen molar-refractivity contribution in [1.82, 2.24) is 15.0 Å². The number of nitrogens with zero attached hydrogens (tertiary/aromatic N) is 4. The fraction of sp³-hybridized carbons (Fsp3) is 0.316. The highest BCUT2D eigenvalue weighted by Crippen LogP contribution is 2.27. The zero-order valence-corrected chi connectivity index (χ0v) is 14.8. The molecule has 1 saturated heterocycles. The summed E-state index contributed by atoms with van der Waals surface area (Å²) in [5.41, 5.74) is 3.54. The average molecular weight is 367 g/mol. The van der Waals surface area contributed by atoms with Crippen molar-refractivity contribution in [3.63, 3.8) is 0 Å². The molecule has 3 heterocycles. The largest absolute Gasteiger partial charge is 0.396 e. The molecule has 0 unspecified atom stereocenters. The second-order valence-electron chi connectivity index (χ2n) is 6.46. The molecule has 0 amide bonds. The van der Waals surface area contributed by atoms with Crippen LogP contribution >= 0.6 is 0 Å². The van der Waals surface area contributed by atoms with Crippen LogP contribution in [-0.4, -0.2) is 39.8 Å². The van der Waals surface area contributed by atoms with Crippen molar-refractivity contribution in [2.45, 2.75) is 12.8 Å². The summed E-state index contributed by atoms with van der Waals surface area (Å²) in [6.07, 6.45) is 4.99. The Morgan fingerprint density at radius 2 is 1.89 bits per heavy atom. The maximum absolute atomic E-state index is 9.29. The number of benzene rings is 1. The van der Waals surface area contributed by atoms with E-state index >= 15 is 0 Å². The van der Waals surface area contributed by atoms with E-state index in [0.29, 0.717) is 17.6 Å². The third-order valence-corrected chi connectivity index (χ3v) is 4.68. The van der Waals surface area contributed by atoms with E-state index in [1.165, 1.54) is 0 Å². The zero-order chi connectivity index (χ0) is 18.5. The van der Waals surface area contributed by atoms with Crippen molar-refractivity contribution in [1.29, 1.82) is 0 Å². The van der Waals surface area contributed by atoms with Crippen molar-refractivity contribution in [2.24, 2.45) is 5.92 Å². The van der Waals surface area contributed by atoms with Crippen molar-refractivity contribution >= 4 is 22.5 Å². The van der Waals surface area contributed by atoms with Gasteiger partial charge in [0.05, 0.1) is 5.52 Å². The normalized spacial score (nSPS) is 15.1. The Morgan fingerprint density at radius 3 is 2.74 bits per heavy atom. The number of piperidine rings is 1. The summed E-state index contributed by atoms with van der Waals surface area (Å²) in [6, 6.07) is 11.6. The van der Waals surface area contributed by atoms with E-state index in [1.54, 1.807) is 12.4 Å². The van der Waals surface area contributed by atoms with Crippen LogP contribution in [0.2, 0.25) is 0 Å². The van der Waals surface area contributed by atoms with E-state index in [1.807, 2.05) is 36.4 Å². The fourth-order valence-electron chi connectivity index (χ4n) is 3.15. The number of rotatable bonds is 6. The summed E-state index contributed by atoms with van der Waals surface area (Å²) < 4.78 is 0. The summed E-state index contributed by atoms with van der Waals surface area (Å²) >= 11 is 0. The van der Waals surface area contributed by atoms with Crippen LogP contribution in [0.1, 0.15) is 12.8 Å². The molecule has 8 nitrogen and oxygen atoms in total. The molecule has 1 fully saturated rings. The quantitative estimate of drug-likeness (QED) is 0.507. The third-order valence-electron chi connectivity index (χ3n) is 4.68. The van der Waals surface area contributed by atoms with Gasteiger partial charge in [0.1, 0.15) is 0 Å². The predicted octanol–water partition coefficient (Wildman–Crippen LogP) is 2.57. The second kappa shape index (κ2) is 8.15. The first kappa shape index (κ1) is 17.4. The van der Waals surface area contributed by atoms with Gasteiger partial charge in [-0.2, -0.15) is 0 Å². The molecule has 140 valence electrons. The van der Waals surface area contributed by atoms with E-state index < -0.39 is 0 Å². The Balaban J connectivity index is 1.39. The number of nitrogens with one attached hydrogen (secondary N) is 1. The molecule has 0 spiro atoms. The monoisotopic (exact) mass is 367 g/mol. The molecule has 1 aromatic carbocycles. The molecule has 8 heteroatoms. The minimum absolute atomic E-state index is 0.226. The van der Waals surface area contributed by atoms with Gasteiger partial charge in [0.25, 0.3) is 0 Å². The van der Waals surface area contributed by atoms with Crippen LogP contribution in [-0.2, 0) is 4.99 Å². The van der Waals surface area contributed by atoms with Crippen LogP contribution in [0.15, 0.2) is 48.8 Å². The number of hydrogen-bond acceptors (Lipinski definition) is 8. The van der Waals surface area contributed by atoms with Gasteiger partial charge in [-0.1, -0.05) is 23.2 Å². The molecular weight excluding hydrogens is 346 g/mol. The van der Waals surface area contributed by atoms with Crippen LogP contribution in [0, 0.1) is 5.92 Å². The van der Waals surface area contributed by atoms with Crippen molar-refractivity contribution in [2.75, 3.05) is 30.1 Å². The van der Waals surface area contributed by atoms with Gasteiger partial charge >= 0.3 is 5.88 Å². The first-order chi connectivity index (χ1) is 13.3. The van der Waals surface area contributed by atoms with Gasteiger partial charge in [0, 0.05) is 37.5 Å². The van der Waals surface area contributed by atoms with Gasteiger partial charge in [-0.3, -0.25) is 4.89 Å². The summed E-state index contributed by atoms with van der Waals surface area (Å²) in [5.74, 6) is 1.79. The zero-order valence-electron chi connectivity index (χ0n) is 14.8. The number of aliphatic hydroxyl groups is 1. The molecule has 2 aromatic heterocycles.